The fourth-order valence-electron chi connectivity index (χ4n) is 1.99. The van der Waals surface area contributed by atoms with Crippen molar-refractivity contribution in [2.45, 2.75) is 6.54 Å². The molecule has 0 aliphatic rings. The van der Waals surface area contributed by atoms with Crippen molar-refractivity contribution >= 4 is 5.91 Å². The predicted octanol–water partition coefficient (Wildman–Crippen LogP) is 2.38. The zero-order valence-corrected chi connectivity index (χ0v) is 11.9. The molecule has 0 unspecified atom stereocenters. The molecule has 0 spiro atoms. The van der Waals surface area contributed by atoms with Crippen LogP contribution in [0.25, 0.3) is 0 Å². The van der Waals surface area contributed by atoms with Gasteiger partial charge >= 0.3 is 0 Å². The average Bonchev–Trinajstić information content (AvgIpc) is 2.48. The van der Waals surface area contributed by atoms with E-state index in [9.17, 15) is 15.0 Å². The van der Waals surface area contributed by atoms with Crippen LogP contribution in [0, 0.1) is 0 Å². The highest BCUT2D eigenvalue weighted by Gasteiger charge is 2.14. The van der Waals surface area contributed by atoms with Crippen LogP contribution in [0.3, 0.4) is 0 Å². The van der Waals surface area contributed by atoms with E-state index >= 15 is 0 Å². The number of amides is 1. The Morgan fingerprint density at radius 1 is 1.14 bits per heavy atom. The Labute approximate surface area is 123 Å². The first-order chi connectivity index (χ1) is 10.0. The minimum atomic E-state index is -0.207. The Morgan fingerprint density at radius 2 is 1.81 bits per heavy atom. The highest BCUT2D eigenvalue weighted by molar-refractivity contribution is 5.94. The topological polar surface area (TPSA) is 70.0 Å². The van der Waals surface area contributed by atoms with Gasteiger partial charge in [-0.05, 0) is 35.9 Å². The lowest BCUT2D eigenvalue weighted by atomic mass is 10.1. The minimum Gasteiger partial charge on any atom is -0.508 e. The van der Waals surface area contributed by atoms with Crippen LogP contribution in [0.4, 0.5) is 0 Å². The molecule has 0 saturated carbocycles. The summed E-state index contributed by atoms with van der Waals surface area (Å²) in [6.07, 6.45) is 0. The van der Waals surface area contributed by atoms with Gasteiger partial charge < -0.3 is 19.8 Å². The number of benzene rings is 2. The molecule has 0 aliphatic carbocycles. The van der Waals surface area contributed by atoms with Gasteiger partial charge in [-0.15, -0.1) is 0 Å². The third-order valence-corrected chi connectivity index (χ3v) is 3.13. The number of methoxy groups -OCH3 is 1. The Hall–Kier alpha value is -2.69. The molecule has 0 aliphatic heterocycles. The van der Waals surface area contributed by atoms with Gasteiger partial charge in [0, 0.05) is 19.2 Å². The summed E-state index contributed by atoms with van der Waals surface area (Å²) in [6.45, 7) is 0.409. The summed E-state index contributed by atoms with van der Waals surface area (Å²) in [5.41, 5.74) is 1.29. The monoisotopic (exact) mass is 287 g/mol. The molecule has 110 valence electrons. The zero-order chi connectivity index (χ0) is 15.4. The molecule has 0 fully saturated rings. The van der Waals surface area contributed by atoms with E-state index in [-0.39, 0.29) is 17.4 Å². The van der Waals surface area contributed by atoms with Crippen molar-refractivity contribution in [3.8, 4) is 17.2 Å². The van der Waals surface area contributed by atoms with E-state index in [2.05, 4.69) is 0 Å². The summed E-state index contributed by atoms with van der Waals surface area (Å²) >= 11 is 0. The molecule has 0 atom stereocenters. The Kier molecular flexibility index (Phi) is 4.33. The smallest absolute Gasteiger partial charge is 0.254 e. The van der Waals surface area contributed by atoms with Crippen molar-refractivity contribution in [1.29, 1.82) is 0 Å². The van der Waals surface area contributed by atoms with Gasteiger partial charge in [0.2, 0.25) is 0 Å². The van der Waals surface area contributed by atoms with Crippen LogP contribution in [0.15, 0.2) is 42.5 Å². The predicted molar refractivity (Wildman–Crippen MR) is 78.6 cm³/mol. The van der Waals surface area contributed by atoms with Crippen molar-refractivity contribution in [3.63, 3.8) is 0 Å². The van der Waals surface area contributed by atoms with Crippen molar-refractivity contribution in [2.24, 2.45) is 0 Å². The second kappa shape index (κ2) is 6.17. The van der Waals surface area contributed by atoms with Crippen molar-refractivity contribution in [3.05, 3.63) is 53.6 Å². The zero-order valence-electron chi connectivity index (χ0n) is 11.9. The van der Waals surface area contributed by atoms with E-state index in [1.165, 1.54) is 18.1 Å². The number of phenolic OH excluding ortho intramolecular Hbond substituents is 2. The molecular formula is C16H17NO4. The number of hydrogen-bond donors (Lipinski definition) is 2. The van der Waals surface area contributed by atoms with Crippen LogP contribution in [0.1, 0.15) is 15.9 Å². The molecule has 5 heteroatoms. The quantitative estimate of drug-likeness (QED) is 0.905. The van der Waals surface area contributed by atoms with Crippen LogP contribution in [-0.2, 0) is 6.54 Å². The van der Waals surface area contributed by atoms with E-state index in [1.807, 2.05) is 0 Å². The van der Waals surface area contributed by atoms with E-state index in [4.69, 9.17) is 4.74 Å². The molecule has 1 amide bonds. The minimum absolute atomic E-state index is 0.0682. The van der Waals surface area contributed by atoms with Gasteiger partial charge in [-0.25, -0.2) is 0 Å². The number of hydrogen-bond acceptors (Lipinski definition) is 4. The van der Waals surface area contributed by atoms with Gasteiger partial charge in [0.1, 0.15) is 5.75 Å². The molecule has 0 aromatic heterocycles. The number of rotatable bonds is 4. The molecule has 2 aromatic carbocycles. The lowest BCUT2D eigenvalue weighted by molar-refractivity contribution is 0.0784. The van der Waals surface area contributed by atoms with Gasteiger partial charge in [0.25, 0.3) is 5.91 Å². The summed E-state index contributed by atoms with van der Waals surface area (Å²) < 4.78 is 4.95. The highest BCUT2D eigenvalue weighted by Crippen LogP contribution is 2.26. The summed E-state index contributed by atoms with van der Waals surface area (Å²) in [5.74, 6) is 0.239. The fraction of sp³-hybridized carbons (Fsp3) is 0.188. The number of carbonyl (C=O) groups is 1. The van der Waals surface area contributed by atoms with Crippen molar-refractivity contribution in [1.82, 2.24) is 4.90 Å². The molecule has 0 radical (unpaired) electrons. The molecule has 2 aromatic rings. The molecule has 21 heavy (non-hydrogen) atoms. The third kappa shape index (κ3) is 3.45. The van der Waals surface area contributed by atoms with Gasteiger partial charge in [-0.3, -0.25) is 4.79 Å². The molecular weight excluding hydrogens is 270 g/mol. The van der Waals surface area contributed by atoms with Crippen LogP contribution in [0.2, 0.25) is 0 Å². The molecule has 2 rings (SSSR count). The largest absolute Gasteiger partial charge is 0.508 e. The van der Waals surface area contributed by atoms with Crippen LogP contribution >= 0.6 is 0 Å². The normalized spacial score (nSPS) is 10.2. The highest BCUT2D eigenvalue weighted by atomic mass is 16.5. The van der Waals surface area contributed by atoms with Crippen molar-refractivity contribution < 1.29 is 19.7 Å². The lowest BCUT2D eigenvalue weighted by Crippen LogP contribution is -2.26. The standard InChI is InChI=1S/C16H17NO4/c1-17(10-11-3-6-13(18)7-4-11)16(20)12-5-8-15(21-2)14(19)9-12/h3-9,18-19H,10H2,1-2H3. The summed E-state index contributed by atoms with van der Waals surface area (Å²) in [4.78, 5) is 13.8. The summed E-state index contributed by atoms with van der Waals surface area (Å²) in [7, 11) is 3.13. The van der Waals surface area contributed by atoms with Gasteiger partial charge in [0.05, 0.1) is 7.11 Å². The van der Waals surface area contributed by atoms with Crippen LogP contribution in [0.5, 0.6) is 17.2 Å². The average molecular weight is 287 g/mol. The first-order valence-corrected chi connectivity index (χ1v) is 6.41. The van der Waals surface area contributed by atoms with E-state index in [1.54, 1.807) is 43.4 Å². The lowest BCUT2D eigenvalue weighted by Gasteiger charge is -2.18. The number of phenols is 2. The maximum absolute atomic E-state index is 12.3. The van der Waals surface area contributed by atoms with Gasteiger partial charge in [-0.1, -0.05) is 12.1 Å². The van der Waals surface area contributed by atoms with E-state index < -0.39 is 0 Å². The first-order valence-electron chi connectivity index (χ1n) is 6.41. The van der Waals surface area contributed by atoms with Crippen LogP contribution < -0.4 is 4.74 Å². The molecule has 0 heterocycles. The van der Waals surface area contributed by atoms with E-state index in [0.29, 0.717) is 17.9 Å². The fourth-order valence-corrected chi connectivity index (χ4v) is 1.99. The van der Waals surface area contributed by atoms with Crippen molar-refractivity contribution in [2.75, 3.05) is 14.2 Å². The number of carbonyl (C=O) groups excluding carboxylic acids is 1. The second-order valence-corrected chi connectivity index (χ2v) is 4.71. The maximum Gasteiger partial charge on any atom is 0.254 e. The molecule has 0 saturated heterocycles. The second-order valence-electron chi connectivity index (χ2n) is 4.71. The summed E-state index contributed by atoms with van der Waals surface area (Å²) in [5, 5.41) is 19.0. The molecule has 2 N–H and O–H groups in total. The number of nitrogens with zero attached hydrogens (tertiary/aromatic N) is 1. The van der Waals surface area contributed by atoms with Gasteiger partial charge in [0.15, 0.2) is 11.5 Å². The number of aromatic hydroxyl groups is 2. The Balaban J connectivity index is 2.11. The molecule has 5 nitrogen and oxygen atoms in total. The summed E-state index contributed by atoms with van der Waals surface area (Å²) in [6, 6.07) is 11.2. The molecule has 0 bridgehead atoms. The first kappa shape index (κ1) is 14.7. The van der Waals surface area contributed by atoms with E-state index in [0.717, 1.165) is 5.56 Å². The number of ether oxygens (including phenoxy) is 1. The third-order valence-electron chi connectivity index (χ3n) is 3.13. The Bertz CT molecular complexity index is 637. The van der Waals surface area contributed by atoms with Gasteiger partial charge in [-0.2, -0.15) is 0 Å². The maximum atomic E-state index is 12.3. The van der Waals surface area contributed by atoms with Crippen LogP contribution in [-0.4, -0.2) is 35.2 Å². The Morgan fingerprint density at radius 3 is 2.38 bits per heavy atom. The SMILES string of the molecule is COc1ccc(C(=O)N(C)Cc2ccc(O)cc2)cc1O.